The Morgan fingerprint density at radius 1 is 1.60 bits per heavy atom. The Balaban J connectivity index is 3.11. The van der Waals surface area contributed by atoms with Gasteiger partial charge in [0.2, 0.25) is 0 Å². The Morgan fingerprint density at radius 2 is 2.20 bits per heavy atom. The summed E-state index contributed by atoms with van der Waals surface area (Å²) in [5.41, 5.74) is 0. The Labute approximate surface area is 58.3 Å². The molecule has 0 bridgehead atoms. The maximum Gasteiger partial charge on any atom is 0.317 e. The third kappa shape index (κ3) is 5.49. The number of carboxylic acids is 1. The van der Waals surface area contributed by atoms with Gasteiger partial charge in [0, 0.05) is 6.54 Å². The van der Waals surface area contributed by atoms with Crippen molar-refractivity contribution in [2.45, 2.75) is 6.10 Å². The van der Waals surface area contributed by atoms with E-state index in [0.717, 1.165) is 0 Å². The van der Waals surface area contributed by atoms with Crippen LogP contribution in [0.3, 0.4) is 0 Å². The van der Waals surface area contributed by atoms with E-state index in [1.54, 1.807) is 0 Å². The molecule has 0 aromatic rings. The van der Waals surface area contributed by atoms with Crippen LogP contribution in [-0.4, -0.2) is 47.1 Å². The van der Waals surface area contributed by atoms with Crippen molar-refractivity contribution in [3.05, 3.63) is 0 Å². The highest BCUT2D eigenvalue weighted by atomic mass is 16.4. The van der Waals surface area contributed by atoms with Gasteiger partial charge in [-0.2, -0.15) is 0 Å². The lowest BCUT2D eigenvalue weighted by Gasteiger charge is -2.05. The first kappa shape index (κ1) is 9.35. The van der Waals surface area contributed by atoms with Gasteiger partial charge in [-0.25, -0.2) is 0 Å². The predicted molar refractivity (Wildman–Crippen MR) is 33.6 cm³/mol. The number of hydrogen-bond acceptors (Lipinski definition) is 4. The fourth-order valence-electron chi connectivity index (χ4n) is 0.410. The molecule has 0 heterocycles. The topological polar surface area (TPSA) is 89.8 Å². The largest absolute Gasteiger partial charge is 0.480 e. The number of rotatable bonds is 5. The lowest BCUT2D eigenvalue weighted by atomic mass is 10.4. The van der Waals surface area contributed by atoms with Crippen molar-refractivity contribution in [3.8, 4) is 0 Å². The molecular weight excluding hydrogens is 138 g/mol. The monoisotopic (exact) mass is 149 g/mol. The summed E-state index contributed by atoms with van der Waals surface area (Å²) in [5, 5.41) is 27.4. The lowest BCUT2D eigenvalue weighted by Crippen LogP contribution is -2.32. The molecule has 0 saturated carbocycles. The molecule has 0 aliphatic heterocycles. The van der Waals surface area contributed by atoms with E-state index in [1.807, 2.05) is 0 Å². The van der Waals surface area contributed by atoms with Crippen molar-refractivity contribution >= 4 is 5.97 Å². The van der Waals surface area contributed by atoms with Gasteiger partial charge in [0.25, 0.3) is 0 Å². The molecule has 1 atom stereocenters. The van der Waals surface area contributed by atoms with Gasteiger partial charge in [-0.15, -0.1) is 0 Å². The van der Waals surface area contributed by atoms with Gasteiger partial charge in [-0.1, -0.05) is 0 Å². The minimum atomic E-state index is -0.981. The van der Waals surface area contributed by atoms with Gasteiger partial charge < -0.3 is 20.6 Å². The Morgan fingerprint density at radius 3 is 2.60 bits per heavy atom. The van der Waals surface area contributed by atoms with E-state index in [2.05, 4.69) is 5.32 Å². The third-order valence-corrected chi connectivity index (χ3v) is 0.867. The molecule has 0 amide bonds. The van der Waals surface area contributed by atoms with Crippen LogP contribution >= 0.6 is 0 Å². The summed E-state index contributed by atoms with van der Waals surface area (Å²) in [6, 6.07) is 0. The van der Waals surface area contributed by atoms with Crippen LogP contribution in [-0.2, 0) is 4.79 Å². The van der Waals surface area contributed by atoms with Gasteiger partial charge >= 0.3 is 5.97 Å². The van der Waals surface area contributed by atoms with Crippen molar-refractivity contribution < 1.29 is 20.1 Å². The fourth-order valence-corrected chi connectivity index (χ4v) is 0.410. The average molecular weight is 149 g/mol. The highest BCUT2D eigenvalue weighted by Gasteiger charge is 2.01. The maximum absolute atomic E-state index is 9.86. The molecule has 10 heavy (non-hydrogen) atoms. The Bertz CT molecular complexity index is 106. The number of hydrogen-bond donors (Lipinski definition) is 4. The number of aliphatic hydroxyl groups excluding tert-OH is 2. The van der Waals surface area contributed by atoms with Crippen LogP contribution in [0.5, 0.6) is 0 Å². The summed E-state index contributed by atoms with van der Waals surface area (Å²) in [4.78, 5) is 9.86. The summed E-state index contributed by atoms with van der Waals surface area (Å²) in [6.45, 7) is -0.452. The molecular formula is C5H11NO4. The minimum absolute atomic E-state index is 0.100. The van der Waals surface area contributed by atoms with E-state index in [9.17, 15) is 4.79 Å². The zero-order chi connectivity index (χ0) is 7.98. The second kappa shape index (κ2) is 5.16. The molecule has 1 unspecified atom stereocenters. The molecule has 5 nitrogen and oxygen atoms in total. The second-order valence-corrected chi connectivity index (χ2v) is 1.86. The summed E-state index contributed by atoms with van der Waals surface area (Å²) in [7, 11) is 0. The normalized spacial score (nSPS) is 13.0. The van der Waals surface area contributed by atoms with Crippen LogP contribution in [0.25, 0.3) is 0 Å². The molecule has 4 N–H and O–H groups in total. The lowest BCUT2D eigenvalue weighted by molar-refractivity contribution is -0.136. The van der Waals surface area contributed by atoms with Gasteiger partial charge in [0.05, 0.1) is 19.3 Å². The minimum Gasteiger partial charge on any atom is -0.480 e. The summed E-state index contributed by atoms with van der Waals surface area (Å²) in [5.74, 6) is -0.981. The molecule has 5 heteroatoms. The SMILES string of the molecule is O=C(O)CNCC(O)CO. The first-order chi connectivity index (χ1) is 4.66. The molecule has 0 rings (SSSR count). The van der Waals surface area contributed by atoms with Crippen LogP contribution in [0.2, 0.25) is 0 Å². The number of nitrogens with one attached hydrogen (secondary N) is 1. The van der Waals surface area contributed by atoms with E-state index in [4.69, 9.17) is 15.3 Å². The van der Waals surface area contributed by atoms with Crippen LogP contribution in [0.15, 0.2) is 0 Å². The maximum atomic E-state index is 9.86. The van der Waals surface area contributed by atoms with E-state index < -0.39 is 12.1 Å². The molecule has 0 aromatic carbocycles. The molecule has 0 aliphatic carbocycles. The van der Waals surface area contributed by atoms with Crippen LogP contribution < -0.4 is 5.32 Å². The summed E-state index contributed by atoms with van der Waals surface area (Å²) >= 11 is 0. The number of aliphatic hydroxyl groups is 2. The molecule has 0 saturated heterocycles. The molecule has 0 aliphatic rings. The standard InChI is InChI=1S/C5H11NO4/c7-3-4(8)1-6-2-5(9)10/h4,6-8H,1-3H2,(H,9,10). The first-order valence-electron chi connectivity index (χ1n) is 2.88. The van der Waals surface area contributed by atoms with E-state index in [0.29, 0.717) is 0 Å². The molecule has 0 fully saturated rings. The van der Waals surface area contributed by atoms with Crippen molar-refractivity contribution in [1.29, 1.82) is 0 Å². The van der Waals surface area contributed by atoms with Crippen molar-refractivity contribution in [2.24, 2.45) is 0 Å². The zero-order valence-electron chi connectivity index (χ0n) is 5.45. The summed E-state index contributed by atoms with van der Waals surface area (Å²) < 4.78 is 0. The molecule has 60 valence electrons. The molecule has 0 aromatic heterocycles. The van der Waals surface area contributed by atoms with Gasteiger partial charge in [-0.05, 0) is 0 Å². The van der Waals surface area contributed by atoms with E-state index in [1.165, 1.54) is 0 Å². The van der Waals surface area contributed by atoms with Gasteiger partial charge in [-0.3, -0.25) is 4.79 Å². The average Bonchev–Trinajstić information content (AvgIpc) is 1.87. The number of carboxylic acid groups (broad SMARTS) is 1. The fraction of sp³-hybridized carbons (Fsp3) is 0.800. The molecule has 0 radical (unpaired) electrons. The highest BCUT2D eigenvalue weighted by molar-refractivity contribution is 5.68. The first-order valence-corrected chi connectivity index (χ1v) is 2.88. The van der Waals surface area contributed by atoms with Crippen molar-refractivity contribution in [3.63, 3.8) is 0 Å². The van der Waals surface area contributed by atoms with E-state index >= 15 is 0 Å². The number of carbonyl (C=O) groups is 1. The summed E-state index contributed by atoms with van der Waals surface area (Å²) in [6.07, 6.45) is -0.876. The molecule has 0 spiro atoms. The smallest absolute Gasteiger partial charge is 0.317 e. The van der Waals surface area contributed by atoms with Gasteiger partial charge in [0.15, 0.2) is 0 Å². The van der Waals surface area contributed by atoms with Crippen molar-refractivity contribution in [2.75, 3.05) is 19.7 Å². The van der Waals surface area contributed by atoms with E-state index in [-0.39, 0.29) is 19.7 Å². The Kier molecular flexibility index (Phi) is 4.82. The van der Waals surface area contributed by atoms with Crippen molar-refractivity contribution in [1.82, 2.24) is 5.32 Å². The van der Waals surface area contributed by atoms with Crippen LogP contribution in [0, 0.1) is 0 Å². The van der Waals surface area contributed by atoms with Crippen LogP contribution in [0.4, 0.5) is 0 Å². The zero-order valence-corrected chi connectivity index (χ0v) is 5.45. The number of aliphatic carboxylic acids is 1. The van der Waals surface area contributed by atoms with Crippen LogP contribution in [0.1, 0.15) is 0 Å². The third-order valence-electron chi connectivity index (χ3n) is 0.867. The predicted octanol–water partition coefficient (Wildman–Crippen LogP) is -1.99. The quantitative estimate of drug-likeness (QED) is 0.363. The highest BCUT2D eigenvalue weighted by Crippen LogP contribution is 1.74. The van der Waals surface area contributed by atoms with Gasteiger partial charge in [0.1, 0.15) is 0 Å². The Hall–Kier alpha value is -0.650. The second-order valence-electron chi connectivity index (χ2n) is 1.86.